The fourth-order valence-corrected chi connectivity index (χ4v) is 2.25. The Morgan fingerprint density at radius 3 is 2.24 bits per heavy atom. The maximum absolute atomic E-state index is 12.9. The second kappa shape index (κ2) is 5.52. The third kappa shape index (κ3) is 4.43. The van der Waals surface area contributed by atoms with Gasteiger partial charge in [-0.3, -0.25) is 0 Å². The van der Waals surface area contributed by atoms with Crippen molar-refractivity contribution in [1.29, 1.82) is 0 Å². The molecule has 0 bridgehead atoms. The van der Waals surface area contributed by atoms with Gasteiger partial charge in [0.05, 0.1) is 0 Å². The lowest BCUT2D eigenvalue weighted by Crippen LogP contribution is -2.08. The summed E-state index contributed by atoms with van der Waals surface area (Å²) in [7, 11) is 0. The Morgan fingerprint density at radius 1 is 1.18 bits per heavy atom. The lowest BCUT2D eigenvalue weighted by Gasteiger charge is -2.13. The normalized spacial score (nSPS) is 13.8. The lowest BCUT2D eigenvalue weighted by molar-refractivity contribution is -0.135. The van der Waals surface area contributed by atoms with Crippen LogP contribution in [0.5, 0.6) is 0 Å². The van der Waals surface area contributed by atoms with E-state index in [1.165, 1.54) is 0 Å². The van der Waals surface area contributed by atoms with E-state index in [2.05, 4.69) is 15.9 Å². The van der Waals surface area contributed by atoms with Gasteiger partial charge in [-0.1, -0.05) is 27.5 Å². The van der Waals surface area contributed by atoms with Crippen LogP contribution < -0.4 is 0 Å². The van der Waals surface area contributed by atoms with Gasteiger partial charge in [-0.05, 0) is 24.1 Å². The van der Waals surface area contributed by atoms with Gasteiger partial charge in [0.2, 0.25) is 0 Å². The summed E-state index contributed by atoms with van der Waals surface area (Å²) in [6, 6.07) is 1.54. The molecule has 7 heteroatoms. The number of alkyl halides is 4. The van der Waals surface area contributed by atoms with Gasteiger partial charge in [-0.2, -0.15) is 13.2 Å². The molecule has 0 saturated heterocycles. The molecule has 0 heterocycles. The molecule has 0 aliphatic heterocycles. The predicted octanol–water partition coefficient (Wildman–Crippen LogP) is 5.40. The molecule has 0 aromatic heterocycles. The van der Waals surface area contributed by atoms with Crippen LogP contribution in [0, 0.1) is 11.6 Å². The maximum Gasteiger partial charge on any atom is 0.389 e. The van der Waals surface area contributed by atoms with Crippen LogP contribution in [0.15, 0.2) is 12.1 Å². The number of hydrogen-bond acceptors (Lipinski definition) is 0. The molecule has 0 radical (unpaired) electrons. The van der Waals surface area contributed by atoms with Crippen molar-refractivity contribution >= 4 is 27.5 Å². The second-order valence-corrected chi connectivity index (χ2v) is 4.92. The molecule has 1 aromatic carbocycles. The zero-order valence-corrected chi connectivity index (χ0v) is 10.6. The molecule has 0 aliphatic carbocycles. The molecule has 1 aromatic rings. The van der Waals surface area contributed by atoms with Crippen LogP contribution in [0.4, 0.5) is 22.0 Å². The highest BCUT2D eigenvalue weighted by atomic mass is 79.9. The molecule has 0 saturated carbocycles. The minimum absolute atomic E-state index is 0.104. The van der Waals surface area contributed by atoms with Crippen LogP contribution in [0.2, 0.25) is 5.02 Å². The third-order valence-electron chi connectivity index (χ3n) is 2.06. The smallest absolute Gasteiger partial charge is 0.204 e. The monoisotopic (exact) mass is 336 g/mol. The molecule has 1 rings (SSSR count). The average molecular weight is 338 g/mol. The third-order valence-corrected chi connectivity index (χ3v) is 3.34. The molecule has 0 N–H and O–H groups in total. The van der Waals surface area contributed by atoms with Crippen LogP contribution >= 0.6 is 27.5 Å². The van der Waals surface area contributed by atoms with Crippen molar-refractivity contribution in [3.8, 4) is 0 Å². The van der Waals surface area contributed by atoms with Crippen molar-refractivity contribution in [2.75, 3.05) is 0 Å². The molecule has 96 valence electrons. The fraction of sp³-hybridized carbons (Fsp3) is 0.400. The van der Waals surface area contributed by atoms with E-state index in [4.69, 9.17) is 11.6 Å². The molecular formula is C10H7BrClF5. The van der Waals surface area contributed by atoms with Crippen LogP contribution in [-0.4, -0.2) is 6.18 Å². The first-order valence-corrected chi connectivity index (χ1v) is 5.85. The summed E-state index contributed by atoms with van der Waals surface area (Å²) in [5.41, 5.74) is 0.106. The van der Waals surface area contributed by atoms with E-state index < -0.39 is 29.1 Å². The van der Waals surface area contributed by atoms with Crippen molar-refractivity contribution in [2.45, 2.75) is 23.8 Å². The number of hydrogen-bond donors (Lipinski definition) is 0. The molecule has 0 amide bonds. The Kier molecular flexibility index (Phi) is 4.77. The van der Waals surface area contributed by atoms with Gasteiger partial charge in [0, 0.05) is 16.3 Å². The first kappa shape index (κ1) is 14.7. The molecule has 1 unspecified atom stereocenters. The summed E-state index contributed by atoms with van der Waals surface area (Å²) in [6.07, 6.45) is -5.62. The molecule has 0 spiro atoms. The van der Waals surface area contributed by atoms with Crippen LogP contribution in [0.25, 0.3) is 0 Å². The zero-order valence-electron chi connectivity index (χ0n) is 8.29. The van der Waals surface area contributed by atoms with Crippen molar-refractivity contribution in [3.63, 3.8) is 0 Å². The maximum atomic E-state index is 12.9. The first-order valence-electron chi connectivity index (χ1n) is 4.56. The lowest BCUT2D eigenvalue weighted by atomic mass is 10.1. The Morgan fingerprint density at radius 2 is 1.71 bits per heavy atom. The minimum Gasteiger partial charge on any atom is -0.204 e. The Bertz CT molecular complexity index is 404. The topological polar surface area (TPSA) is 0 Å². The summed E-state index contributed by atoms with van der Waals surface area (Å²) in [4.78, 5) is -0.772. The van der Waals surface area contributed by atoms with Gasteiger partial charge in [0.15, 0.2) is 11.6 Å². The predicted molar refractivity (Wildman–Crippen MR) is 58.3 cm³/mol. The Labute approximate surface area is 108 Å². The molecule has 0 fully saturated rings. The summed E-state index contributed by atoms with van der Waals surface area (Å²) in [6.45, 7) is 0. The van der Waals surface area contributed by atoms with Gasteiger partial charge in [-0.15, -0.1) is 0 Å². The van der Waals surface area contributed by atoms with E-state index in [0.29, 0.717) is 0 Å². The molecule has 0 aliphatic rings. The summed E-state index contributed by atoms with van der Waals surface area (Å²) in [5, 5.41) is -0.104. The highest BCUT2D eigenvalue weighted by Gasteiger charge is 2.28. The largest absolute Gasteiger partial charge is 0.389 e. The van der Waals surface area contributed by atoms with E-state index in [1.54, 1.807) is 0 Å². The van der Waals surface area contributed by atoms with Crippen molar-refractivity contribution in [1.82, 2.24) is 0 Å². The molecule has 1 atom stereocenters. The van der Waals surface area contributed by atoms with Gasteiger partial charge in [0.1, 0.15) is 0 Å². The second-order valence-electron chi connectivity index (χ2n) is 3.41. The first-order chi connectivity index (χ1) is 7.70. The Balaban J connectivity index is 2.82. The van der Waals surface area contributed by atoms with Crippen molar-refractivity contribution in [2.24, 2.45) is 0 Å². The standard InChI is InChI=1S/C10H7BrClF5/c11-6(1-2-10(15,16)17)5-3-8(13)9(14)4-7(5)12/h3-4,6H,1-2H2. The average Bonchev–Trinajstić information content (AvgIpc) is 2.19. The minimum atomic E-state index is -4.29. The number of halogens is 7. The number of rotatable bonds is 3. The van der Waals surface area contributed by atoms with Crippen LogP contribution in [-0.2, 0) is 0 Å². The van der Waals surface area contributed by atoms with E-state index >= 15 is 0 Å². The summed E-state index contributed by atoms with van der Waals surface area (Å²) in [5.74, 6) is -2.27. The van der Waals surface area contributed by atoms with Crippen LogP contribution in [0.3, 0.4) is 0 Å². The van der Waals surface area contributed by atoms with E-state index in [-0.39, 0.29) is 17.0 Å². The summed E-state index contributed by atoms with van der Waals surface area (Å²) < 4.78 is 61.6. The SMILES string of the molecule is Fc1cc(Cl)c(C(Br)CCC(F)(F)F)cc1F. The summed E-state index contributed by atoms with van der Waals surface area (Å²) >= 11 is 8.60. The van der Waals surface area contributed by atoms with Gasteiger partial charge < -0.3 is 0 Å². The molecular weight excluding hydrogens is 330 g/mol. The fourth-order valence-electron chi connectivity index (χ4n) is 1.22. The van der Waals surface area contributed by atoms with E-state index in [0.717, 1.165) is 12.1 Å². The van der Waals surface area contributed by atoms with Gasteiger partial charge in [-0.25, -0.2) is 8.78 Å². The van der Waals surface area contributed by atoms with E-state index in [9.17, 15) is 22.0 Å². The quantitative estimate of drug-likeness (QED) is 0.394. The van der Waals surface area contributed by atoms with Crippen molar-refractivity contribution < 1.29 is 22.0 Å². The highest BCUT2D eigenvalue weighted by Crippen LogP contribution is 2.37. The van der Waals surface area contributed by atoms with E-state index in [1.807, 2.05) is 0 Å². The highest BCUT2D eigenvalue weighted by molar-refractivity contribution is 9.09. The van der Waals surface area contributed by atoms with Gasteiger partial charge >= 0.3 is 6.18 Å². The van der Waals surface area contributed by atoms with Gasteiger partial charge in [0.25, 0.3) is 0 Å². The number of benzene rings is 1. The Hall–Kier alpha value is -0.360. The zero-order chi connectivity index (χ0) is 13.2. The molecule has 17 heavy (non-hydrogen) atoms. The van der Waals surface area contributed by atoms with Crippen LogP contribution in [0.1, 0.15) is 23.2 Å². The molecule has 0 nitrogen and oxygen atoms in total. The van der Waals surface area contributed by atoms with Crippen molar-refractivity contribution in [3.05, 3.63) is 34.4 Å².